The van der Waals surface area contributed by atoms with E-state index in [-0.39, 0.29) is 5.91 Å². The summed E-state index contributed by atoms with van der Waals surface area (Å²) >= 11 is 1.54. The van der Waals surface area contributed by atoms with E-state index in [1.807, 2.05) is 35.2 Å². The minimum atomic E-state index is -0.0206. The first-order valence-electron chi connectivity index (χ1n) is 6.14. The zero-order valence-electron chi connectivity index (χ0n) is 11.5. The summed E-state index contributed by atoms with van der Waals surface area (Å²) in [5.41, 5.74) is 5.08. The van der Waals surface area contributed by atoms with Crippen molar-refractivity contribution in [3.63, 3.8) is 0 Å². The van der Waals surface area contributed by atoms with Gasteiger partial charge in [-0.1, -0.05) is 0 Å². The number of hydrogen-bond donors (Lipinski definition) is 0. The Labute approximate surface area is 120 Å². The molecule has 0 saturated heterocycles. The summed E-state index contributed by atoms with van der Waals surface area (Å²) in [5, 5.41) is 1.97. The van der Waals surface area contributed by atoms with Crippen molar-refractivity contribution in [2.45, 2.75) is 0 Å². The van der Waals surface area contributed by atoms with Gasteiger partial charge in [-0.2, -0.15) is 0 Å². The average Bonchev–Trinajstić information content (AvgIpc) is 3.05. The summed E-state index contributed by atoms with van der Waals surface area (Å²) in [6, 6.07) is 5.58. The van der Waals surface area contributed by atoms with Crippen molar-refractivity contribution < 1.29 is 4.79 Å². The summed E-state index contributed by atoms with van der Waals surface area (Å²) in [7, 11) is 5.44. The minimum Gasteiger partial charge on any atom is -0.345 e. The molecule has 2 aromatic heterocycles. The number of imidazole rings is 1. The Kier molecular flexibility index (Phi) is 3.02. The molecule has 1 amide bonds. The molecule has 1 aromatic carbocycles. The Morgan fingerprint density at radius 3 is 2.80 bits per heavy atom. The minimum absolute atomic E-state index is 0.0206. The molecule has 102 valence electrons. The molecule has 2 heterocycles. The fourth-order valence-electron chi connectivity index (χ4n) is 2.14. The molecule has 3 aromatic rings. The number of carbonyl (C=O) groups is 1. The Morgan fingerprint density at radius 1 is 1.35 bits per heavy atom. The molecular formula is C14H14N4OS. The first-order chi connectivity index (χ1) is 9.58. The fourth-order valence-corrected chi connectivity index (χ4v) is 2.67. The summed E-state index contributed by atoms with van der Waals surface area (Å²) < 4.78 is 1.99. The molecule has 0 N–H and O–H groups in total. The van der Waals surface area contributed by atoms with Crippen LogP contribution in [0.3, 0.4) is 0 Å². The van der Waals surface area contributed by atoms with Gasteiger partial charge in [-0.05, 0) is 18.2 Å². The maximum atomic E-state index is 12.0. The lowest BCUT2D eigenvalue weighted by molar-refractivity contribution is 0.0828. The molecule has 0 unspecified atom stereocenters. The third-order valence-corrected chi connectivity index (χ3v) is 3.78. The number of nitrogens with zero attached hydrogens (tertiary/aromatic N) is 4. The quantitative estimate of drug-likeness (QED) is 0.727. The van der Waals surface area contributed by atoms with E-state index in [1.165, 1.54) is 11.3 Å². The van der Waals surface area contributed by atoms with E-state index in [2.05, 4.69) is 9.97 Å². The highest BCUT2D eigenvalue weighted by Gasteiger charge is 2.14. The van der Waals surface area contributed by atoms with Gasteiger partial charge >= 0.3 is 0 Å². The number of aromatic nitrogens is 3. The maximum absolute atomic E-state index is 12.0. The molecule has 0 radical (unpaired) electrons. The molecule has 0 spiro atoms. The molecule has 0 bridgehead atoms. The normalized spacial score (nSPS) is 10.9. The lowest BCUT2D eigenvalue weighted by Gasteiger charge is -2.09. The number of carbonyl (C=O) groups excluding carboxylic acids is 1. The molecule has 5 nitrogen and oxygen atoms in total. The van der Waals surface area contributed by atoms with Gasteiger partial charge in [0.2, 0.25) is 0 Å². The Bertz CT molecular complexity index is 774. The van der Waals surface area contributed by atoms with Crippen LogP contribution in [0.1, 0.15) is 10.4 Å². The highest BCUT2D eigenvalue weighted by atomic mass is 32.1. The molecule has 0 aliphatic heterocycles. The number of fused-ring (bicyclic) bond motifs is 1. The number of rotatable bonds is 2. The van der Waals surface area contributed by atoms with Gasteiger partial charge in [-0.25, -0.2) is 9.97 Å². The van der Waals surface area contributed by atoms with Crippen molar-refractivity contribution >= 4 is 28.3 Å². The number of benzene rings is 1. The van der Waals surface area contributed by atoms with E-state index in [4.69, 9.17) is 0 Å². The third kappa shape index (κ3) is 1.98. The Balaban J connectivity index is 2.15. The number of amides is 1. The van der Waals surface area contributed by atoms with E-state index in [1.54, 1.807) is 24.5 Å². The predicted octanol–water partition coefficient (Wildman–Crippen LogP) is 2.40. The second-order valence-corrected chi connectivity index (χ2v) is 5.49. The van der Waals surface area contributed by atoms with E-state index in [0.29, 0.717) is 5.56 Å². The SMILES string of the molecule is CN(C)C(=O)c1ccc2c(c1)nc(-c1cscn1)n2C. The molecular weight excluding hydrogens is 272 g/mol. The van der Waals surface area contributed by atoms with Crippen molar-refractivity contribution in [3.8, 4) is 11.5 Å². The van der Waals surface area contributed by atoms with Crippen LogP contribution in [0.5, 0.6) is 0 Å². The number of thiazole rings is 1. The van der Waals surface area contributed by atoms with Crippen LogP contribution < -0.4 is 0 Å². The van der Waals surface area contributed by atoms with Crippen LogP contribution in [-0.2, 0) is 7.05 Å². The summed E-state index contributed by atoms with van der Waals surface area (Å²) in [5.74, 6) is 0.795. The molecule has 0 aliphatic rings. The number of aryl methyl sites for hydroxylation is 1. The van der Waals surface area contributed by atoms with Gasteiger partial charge in [-0.3, -0.25) is 4.79 Å². The highest BCUT2D eigenvalue weighted by Crippen LogP contribution is 2.24. The largest absolute Gasteiger partial charge is 0.345 e. The van der Waals surface area contributed by atoms with Gasteiger partial charge in [0.15, 0.2) is 5.82 Å². The average molecular weight is 286 g/mol. The van der Waals surface area contributed by atoms with Crippen molar-refractivity contribution in [1.82, 2.24) is 19.4 Å². The van der Waals surface area contributed by atoms with Crippen LogP contribution in [0.15, 0.2) is 29.1 Å². The predicted molar refractivity (Wildman–Crippen MR) is 79.8 cm³/mol. The Hall–Kier alpha value is -2.21. The van der Waals surface area contributed by atoms with Crippen LogP contribution in [0.4, 0.5) is 0 Å². The third-order valence-electron chi connectivity index (χ3n) is 3.20. The zero-order chi connectivity index (χ0) is 14.3. The lowest BCUT2D eigenvalue weighted by Crippen LogP contribution is -2.21. The topological polar surface area (TPSA) is 51.0 Å². The van der Waals surface area contributed by atoms with E-state index in [9.17, 15) is 4.79 Å². The summed E-state index contributed by atoms with van der Waals surface area (Å²) in [4.78, 5) is 22.4. The van der Waals surface area contributed by atoms with Gasteiger partial charge in [0.05, 0.1) is 16.5 Å². The van der Waals surface area contributed by atoms with E-state index in [0.717, 1.165) is 22.6 Å². The van der Waals surface area contributed by atoms with E-state index < -0.39 is 0 Å². The molecule has 6 heteroatoms. The van der Waals surface area contributed by atoms with Crippen molar-refractivity contribution in [3.05, 3.63) is 34.7 Å². The molecule has 0 atom stereocenters. The van der Waals surface area contributed by atoms with Crippen LogP contribution in [-0.4, -0.2) is 39.4 Å². The number of hydrogen-bond acceptors (Lipinski definition) is 4. The lowest BCUT2D eigenvalue weighted by atomic mass is 10.2. The molecule has 3 rings (SSSR count). The second kappa shape index (κ2) is 4.72. The summed E-state index contributed by atoms with van der Waals surface area (Å²) in [6.07, 6.45) is 0. The van der Waals surface area contributed by atoms with Gasteiger partial charge in [-0.15, -0.1) is 11.3 Å². The Morgan fingerprint density at radius 2 is 2.15 bits per heavy atom. The summed E-state index contributed by atoms with van der Waals surface area (Å²) in [6.45, 7) is 0. The van der Waals surface area contributed by atoms with Gasteiger partial charge in [0, 0.05) is 32.1 Å². The maximum Gasteiger partial charge on any atom is 0.253 e. The van der Waals surface area contributed by atoms with Gasteiger partial charge < -0.3 is 9.47 Å². The van der Waals surface area contributed by atoms with Crippen molar-refractivity contribution in [1.29, 1.82) is 0 Å². The van der Waals surface area contributed by atoms with Crippen molar-refractivity contribution in [2.75, 3.05) is 14.1 Å². The first-order valence-corrected chi connectivity index (χ1v) is 7.09. The molecule has 0 fully saturated rings. The highest BCUT2D eigenvalue weighted by molar-refractivity contribution is 7.07. The van der Waals surface area contributed by atoms with Crippen LogP contribution >= 0.6 is 11.3 Å². The second-order valence-electron chi connectivity index (χ2n) is 4.77. The van der Waals surface area contributed by atoms with Crippen LogP contribution in [0.2, 0.25) is 0 Å². The zero-order valence-corrected chi connectivity index (χ0v) is 12.3. The van der Waals surface area contributed by atoms with E-state index >= 15 is 0 Å². The van der Waals surface area contributed by atoms with Crippen LogP contribution in [0.25, 0.3) is 22.6 Å². The first kappa shape index (κ1) is 12.8. The standard InChI is InChI=1S/C14H14N4OS/c1-17(2)14(19)9-4-5-12-10(6-9)16-13(18(12)3)11-7-20-8-15-11/h4-8H,1-3H3. The smallest absolute Gasteiger partial charge is 0.253 e. The van der Waals surface area contributed by atoms with Gasteiger partial charge in [0.1, 0.15) is 5.69 Å². The fraction of sp³-hybridized carbons (Fsp3) is 0.214. The molecule has 0 saturated carbocycles. The van der Waals surface area contributed by atoms with Crippen LogP contribution in [0, 0.1) is 0 Å². The monoisotopic (exact) mass is 286 g/mol. The van der Waals surface area contributed by atoms with Crippen molar-refractivity contribution in [2.24, 2.45) is 7.05 Å². The van der Waals surface area contributed by atoms with Gasteiger partial charge in [0.25, 0.3) is 5.91 Å². The molecule has 0 aliphatic carbocycles. The molecule has 20 heavy (non-hydrogen) atoms.